The molecule has 3 aromatic heterocycles. The number of allylic oxidation sites excluding steroid dienone is 1. The molecule has 6 aromatic rings. The number of piperazine rings is 1. The van der Waals surface area contributed by atoms with Crippen LogP contribution in [0.4, 0.5) is 0 Å². The van der Waals surface area contributed by atoms with Crippen molar-refractivity contribution < 1.29 is 41.7 Å². The number of benzene rings is 3. The van der Waals surface area contributed by atoms with Crippen molar-refractivity contribution in [3.63, 3.8) is 0 Å². The first-order chi connectivity index (χ1) is 26.3. The quantitative estimate of drug-likeness (QED) is 0.159. The van der Waals surface area contributed by atoms with Gasteiger partial charge in [0.15, 0.2) is 11.5 Å². The minimum absolute atomic E-state index is 0.0805. The molecule has 2 amide bonds. The molecule has 1 saturated heterocycles. The van der Waals surface area contributed by atoms with Crippen molar-refractivity contribution in [1.82, 2.24) is 34.9 Å². The van der Waals surface area contributed by atoms with E-state index < -0.39 is 32.8 Å². The number of nitrogens with zero attached hydrogens (tertiary/aromatic N) is 7. The van der Waals surface area contributed by atoms with Crippen molar-refractivity contribution in [3.8, 4) is 17.4 Å². The van der Waals surface area contributed by atoms with E-state index >= 15 is 0 Å². The lowest BCUT2D eigenvalue weighted by atomic mass is 9.86. The van der Waals surface area contributed by atoms with Gasteiger partial charge >= 0.3 is 10.9 Å². The van der Waals surface area contributed by atoms with Crippen molar-refractivity contribution >= 4 is 32.6 Å². The van der Waals surface area contributed by atoms with Gasteiger partial charge in [-0.1, -0.05) is 53.8 Å². The SMILES string of the molecule is O=C1[C@H]2Cc3c([nH]c4ccccc34)[C@@H](c3ccc4c(c3)OCO4)N2C(=O)CN1Cc1cn(C/C=C\COc2no[n+]([O-])c2S(=O)(=O)c2ccccc2)nn1. The summed E-state index contributed by atoms with van der Waals surface area (Å²) in [4.78, 5) is 34.6. The van der Waals surface area contributed by atoms with Gasteiger partial charge in [-0.15, -0.1) is 5.10 Å². The molecule has 3 aromatic carbocycles. The molecule has 9 rings (SSSR count). The number of carbonyl (C=O) groups is 2. The van der Waals surface area contributed by atoms with Crippen LogP contribution >= 0.6 is 0 Å². The summed E-state index contributed by atoms with van der Waals surface area (Å²) >= 11 is 0. The Morgan fingerprint density at radius 2 is 1.83 bits per heavy atom. The fourth-order valence-corrected chi connectivity index (χ4v) is 8.50. The Morgan fingerprint density at radius 3 is 2.70 bits per heavy atom. The largest absolute Gasteiger partial charge is 0.454 e. The predicted octanol–water partition coefficient (Wildman–Crippen LogP) is 2.46. The summed E-state index contributed by atoms with van der Waals surface area (Å²) in [6, 6.07) is 19.6. The zero-order chi connectivity index (χ0) is 37.0. The Bertz CT molecular complexity index is 2560. The summed E-state index contributed by atoms with van der Waals surface area (Å²) in [5.41, 5.74) is 4.08. The highest BCUT2D eigenvalue weighted by molar-refractivity contribution is 7.91. The molecular weight excluding hydrogens is 721 g/mol. The zero-order valence-corrected chi connectivity index (χ0v) is 29.1. The van der Waals surface area contributed by atoms with Gasteiger partial charge in [-0.2, -0.15) is 0 Å². The van der Waals surface area contributed by atoms with Gasteiger partial charge in [-0.3, -0.25) is 14.2 Å². The number of aromatic amines is 1. The van der Waals surface area contributed by atoms with Crippen molar-refractivity contribution in [2.24, 2.45) is 0 Å². The molecule has 3 aliphatic heterocycles. The van der Waals surface area contributed by atoms with Gasteiger partial charge in [-0.05, 0) is 52.4 Å². The van der Waals surface area contributed by atoms with E-state index in [9.17, 15) is 23.2 Å². The van der Waals surface area contributed by atoms with E-state index in [1.54, 1.807) is 29.3 Å². The van der Waals surface area contributed by atoms with E-state index in [4.69, 9.17) is 14.2 Å². The molecule has 0 radical (unpaired) electrons. The second-order valence-electron chi connectivity index (χ2n) is 12.9. The molecule has 3 aliphatic rings. The second-order valence-corrected chi connectivity index (χ2v) is 14.7. The summed E-state index contributed by atoms with van der Waals surface area (Å²) in [5.74, 6) is 0.356. The Balaban J connectivity index is 0.883. The maximum Gasteiger partial charge on any atom is 0.415 e. The first kappa shape index (κ1) is 33.2. The number of carbonyl (C=O) groups excluding carboxylic acids is 2. The van der Waals surface area contributed by atoms with Crippen molar-refractivity contribution in [1.29, 1.82) is 0 Å². The van der Waals surface area contributed by atoms with Gasteiger partial charge in [0.2, 0.25) is 18.6 Å². The number of hydrogen-bond acceptors (Lipinski definition) is 12. The van der Waals surface area contributed by atoms with Crippen molar-refractivity contribution in [2.75, 3.05) is 19.9 Å². The molecule has 1 fully saturated rings. The molecule has 6 heterocycles. The lowest BCUT2D eigenvalue weighted by Gasteiger charge is -2.47. The van der Waals surface area contributed by atoms with Crippen LogP contribution in [0.2, 0.25) is 0 Å². The molecule has 0 spiro atoms. The Kier molecular flexibility index (Phi) is 8.02. The van der Waals surface area contributed by atoms with E-state index in [-0.39, 0.29) is 54.6 Å². The first-order valence-electron chi connectivity index (χ1n) is 16.9. The summed E-state index contributed by atoms with van der Waals surface area (Å²) in [5, 5.41) is 24.2. The molecule has 2 atom stereocenters. The molecule has 54 heavy (non-hydrogen) atoms. The van der Waals surface area contributed by atoms with Crippen molar-refractivity contribution in [2.45, 2.75) is 41.5 Å². The molecule has 0 unspecified atom stereocenters. The summed E-state index contributed by atoms with van der Waals surface area (Å²) in [7, 11) is -4.24. The molecule has 0 aliphatic carbocycles. The predicted molar refractivity (Wildman–Crippen MR) is 184 cm³/mol. The Labute approximate surface area is 306 Å². The number of ether oxygens (including phenoxy) is 3. The highest BCUT2D eigenvalue weighted by Gasteiger charge is 2.48. The molecule has 17 nitrogen and oxygen atoms in total. The number of hydrogen-bond donors (Lipinski definition) is 1. The Morgan fingerprint density at radius 1 is 1.02 bits per heavy atom. The maximum atomic E-state index is 14.2. The van der Waals surface area contributed by atoms with Crippen LogP contribution in [0.15, 0.2) is 106 Å². The third-order valence-electron chi connectivity index (χ3n) is 9.62. The van der Waals surface area contributed by atoms with Crippen LogP contribution in [-0.2, 0) is 38.9 Å². The van der Waals surface area contributed by atoms with Crippen LogP contribution in [0.5, 0.6) is 17.4 Å². The van der Waals surface area contributed by atoms with Gasteiger partial charge < -0.3 is 34.2 Å². The number of rotatable bonds is 10. The zero-order valence-electron chi connectivity index (χ0n) is 28.3. The first-order valence-corrected chi connectivity index (χ1v) is 18.4. The number of amides is 2. The normalized spacial score (nSPS) is 18.1. The summed E-state index contributed by atoms with van der Waals surface area (Å²) in [6.07, 6.45) is 5.31. The second kappa shape index (κ2) is 13.1. The average Bonchev–Trinajstić information content (AvgIpc) is 3.99. The standard InChI is InChI=1S/C36H30N8O9S/c45-31-20-41(18-23-19-42(40-38-23)14-6-7-15-50-34-36(44(47)53-39-34)54(48,49)24-8-2-1-3-9-24)35(46)28-17-26-25-10-4-5-11-27(25)37-32(26)33(43(28)31)22-12-13-29-30(16-22)52-21-51-29/h1-13,16,19,28,33,37H,14-15,17-18,20-21H2/b7-6-/t28-,33-/m1/s1. The molecule has 18 heteroatoms. The fraction of sp³-hybridized carbons (Fsp3) is 0.222. The van der Waals surface area contributed by atoms with E-state index in [0.717, 1.165) is 27.7 Å². The lowest BCUT2D eigenvalue weighted by molar-refractivity contribution is -0.832. The number of aromatic nitrogens is 6. The van der Waals surface area contributed by atoms with Crippen LogP contribution in [0, 0.1) is 5.21 Å². The van der Waals surface area contributed by atoms with E-state index in [1.807, 2.05) is 42.5 Å². The van der Waals surface area contributed by atoms with E-state index in [1.165, 1.54) is 33.8 Å². The topological polar surface area (TPSA) is 202 Å². The number of H-pyrrole nitrogens is 1. The van der Waals surface area contributed by atoms with Gasteiger partial charge in [0.1, 0.15) is 24.9 Å². The fourth-order valence-electron chi connectivity index (χ4n) is 7.20. The molecule has 1 N–H and O–H groups in total. The number of fused-ring (bicyclic) bond motifs is 5. The van der Waals surface area contributed by atoms with E-state index in [0.29, 0.717) is 23.6 Å². The highest BCUT2D eigenvalue weighted by atomic mass is 32.2. The van der Waals surface area contributed by atoms with Gasteiger partial charge in [0.05, 0.1) is 35.4 Å². The third-order valence-corrected chi connectivity index (χ3v) is 11.3. The maximum absolute atomic E-state index is 14.2. The summed E-state index contributed by atoms with van der Waals surface area (Å²) in [6.45, 7) is 0.197. The third kappa shape index (κ3) is 5.67. The van der Waals surface area contributed by atoms with Crippen LogP contribution in [0.25, 0.3) is 10.9 Å². The minimum Gasteiger partial charge on any atom is -0.454 e. The van der Waals surface area contributed by atoms with Crippen LogP contribution < -0.4 is 19.1 Å². The van der Waals surface area contributed by atoms with Gasteiger partial charge in [-0.25, -0.2) is 13.1 Å². The molecule has 0 bridgehead atoms. The van der Waals surface area contributed by atoms with E-state index in [2.05, 4.69) is 25.1 Å². The minimum atomic E-state index is -4.24. The van der Waals surface area contributed by atoms with Gasteiger partial charge in [0, 0.05) is 23.0 Å². The van der Waals surface area contributed by atoms with Crippen molar-refractivity contribution in [3.05, 3.63) is 119 Å². The smallest absolute Gasteiger partial charge is 0.415 e. The number of para-hydroxylation sites is 1. The molecule has 274 valence electrons. The van der Waals surface area contributed by atoms with Crippen LogP contribution in [0.1, 0.15) is 28.6 Å². The molecule has 0 saturated carbocycles. The monoisotopic (exact) mass is 750 g/mol. The number of sulfone groups is 1. The van der Waals surface area contributed by atoms with Crippen LogP contribution in [0.3, 0.4) is 0 Å². The number of nitrogens with one attached hydrogen (secondary N) is 1. The Hall–Kier alpha value is -6.69. The summed E-state index contributed by atoms with van der Waals surface area (Å²) < 4.78 is 48.6. The van der Waals surface area contributed by atoms with Gasteiger partial charge in [0.25, 0.3) is 9.84 Å². The highest BCUT2D eigenvalue weighted by Crippen LogP contribution is 2.45. The molecular formula is C36H30N8O9S. The average molecular weight is 751 g/mol. The van der Waals surface area contributed by atoms with Crippen LogP contribution in [-0.4, -0.2) is 81.2 Å². The lowest BCUT2D eigenvalue weighted by Crippen LogP contribution is -2.62.